The van der Waals surface area contributed by atoms with E-state index in [9.17, 15) is 9.59 Å². The third-order valence-electron chi connectivity index (χ3n) is 5.42. The van der Waals surface area contributed by atoms with Gasteiger partial charge in [0.1, 0.15) is 0 Å². The molecule has 1 aromatic heterocycles. The lowest BCUT2D eigenvalue weighted by Gasteiger charge is -2.33. The molecule has 1 atom stereocenters. The zero-order valence-electron chi connectivity index (χ0n) is 16.3. The van der Waals surface area contributed by atoms with Crippen LogP contribution in [0, 0.1) is 5.92 Å². The smallest absolute Gasteiger partial charge is 0.256 e. The van der Waals surface area contributed by atoms with Gasteiger partial charge in [-0.05, 0) is 35.7 Å². The van der Waals surface area contributed by atoms with Crippen LogP contribution in [0.2, 0.25) is 0 Å². The molecule has 1 unspecified atom stereocenters. The Labute approximate surface area is 164 Å². The van der Waals surface area contributed by atoms with Gasteiger partial charge in [0, 0.05) is 36.6 Å². The summed E-state index contributed by atoms with van der Waals surface area (Å²) in [5.41, 5.74) is 1.37. The Morgan fingerprint density at radius 3 is 2.75 bits per heavy atom. The molecule has 28 heavy (non-hydrogen) atoms. The molecule has 1 saturated heterocycles. The van der Waals surface area contributed by atoms with Crippen LogP contribution in [0.15, 0.2) is 48.7 Å². The average molecular weight is 375 g/mol. The largest absolute Gasteiger partial charge is 0.351 e. The summed E-state index contributed by atoms with van der Waals surface area (Å²) in [6, 6.07) is 14.0. The number of carbonyl (C=O) groups is 2. The van der Waals surface area contributed by atoms with E-state index in [1.165, 1.54) is 0 Å². The van der Waals surface area contributed by atoms with Crippen molar-refractivity contribution in [2.75, 3.05) is 13.1 Å². The number of pyridine rings is 1. The highest BCUT2D eigenvalue weighted by Gasteiger charge is 2.27. The molecule has 144 valence electrons. The highest BCUT2D eigenvalue weighted by atomic mass is 16.2. The first-order valence-corrected chi connectivity index (χ1v) is 9.90. The van der Waals surface area contributed by atoms with Crippen LogP contribution in [0.1, 0.15) is 37.0 Å². The topological polar surface area (TPSA) is 62.3 Å². The second-order valence-corrected chi connectivity index (χ2v) is 7.80. The van der Waals surface area contributed by atoms with Crippen molar-refractivity contribution in [1.82, 2.24) is 15.2 Å². The fourth-order valence-electron chi connectivity index (χ4n) is 3.91. The number of likely N-dealkylation sites (tertiary alicyclic amines) is 1. The zero-order chi connectivity index (χ0) is 19.7. The molecular formula is C23H25N3O2. The van der Waals surface area contributed by atoms with Gasteiger partial charge in [-0.1, -0.05) is 44.2 Å². The molecule has 5 nitrogen and oxygen atoms in total. The van der Waals surface area contributed by atoms with Crippen LogP contribution in [-0.4, -0.2) is 40.8 Å². The fraction of sp³-hybridized carbons (Fsp3) is 0.348. The molecule has 3 aromatic rings. The molecule has 2 amide bonds. The number of benzene rings is 2. The standard InChI is InChI=1S/C23H25N3O2/c1-15(2)22(27)25-17-8-6-12-26(14-17)23(28)20-13-16-7-3-4-9-18(16)19-10-5-11-24-21(19)20/h3-5,7,9-11,13,15,17H,6,8,12,14H2,1-2H3,(H,25,27). The van der Waals surface area contributed by atoms with Crippen LogP contribution in [0.4, 0.5) is 0 Å². The monoisotopic (exact) mass is 375 g/mol. The predicted molar refractivity (Wildman–Crippen MR) is 111 cm³/mol. The van der Waals surface area contributed by atoms with Crippen LogP contribution >= 0.6 is 0 Å². The Morgan fingerprint density at radius 1 is 1.14 bits per heavy atom. The molecule has 0 bridgehead atoms. The van der Waals surface area contributed by atoms with Gasteiger partial charge in [0.2, 0.25) is 5.91 Å². The van der Waals surface area contributed by atoms with E-state index in [0.29, 0.717) is 18.7 Å². The third kappa shape index (κ3) is 3.44. The van der Waals surface area contributed by atoms with Gasteiger partial charge in [-0.2, -0.15) is 0 Å². The van der Waals surface area contributed by atoms with Crippen LogP contribution in [0.25, 0.3) is 21.7 Å². The summed E-state index contributed by atoms with van der Waals surface area (Å²) in [4.78, 5) is 31.8. The molecule has 1 fully saturated rings. The summed E-state index contributed by atoms with van der Waals surface area (Å²) >= 11 is 0. The lowest BCUT2D eigenvalue weighted by Crippen LogP contribution is -2.50. The van der Waals surface area contributed by atoms with Gasteiger partial charge < -0.3 is 10.2 Å². The van der Waals surface area contributed by atoms with Gasteiger partial charge in [0.25, 0.3) is 5.91 Å². The number of fused-ring (bicyclic) bond motifs is 3. The van der Waals surface area contributed by atoms with Crippen molar-refractivity contribution in [2.24, 2.45) is 5.92 Å². The SMILES string of the molecule is CC(C)C(=O)NC1CCCN(C(=O)c2cc3ccccc3c3cccnc23)C1. The van der Waals surface area contributed by atoms with Gasteiger partial charge >= 0.3 is 0 Å². The fourth-order valence-corrected chi connectivity index (χ4v) is 3.91. The number of aromatic nitrogens is 1. The van der Waals surface area contributed by atoms with E-state index in [0.717, 1.165) is 34.5 Å². The molecule has 1 aliphatic heterocycles. The first kappa shape index (κ1) is 18.4. The maximum Gasteiger partial charge on any atom is 0.256 e. The number of nitrogens with zero attached hydrogens (tertiary/aromatic N) is 2. The Morgan fingerprint density at radius 2 is 1.93 bits per heavy atom. The van der Waals surface area contributed by atoms with E-state index in [-0.39, 0.29) is 23.8 Å². The van der Waals surface area contributed by atoms with Gasteiger partial charge in [-0.25, -0.2) is 0 Å². The number of hydrogen-bond donors (Lipinski definition) is 1. The first-order chi connectivity index (χ1) is 13.5. The van der Waals surface area contributed by atoms with Gasteiger partial charge in [0.05, 0.1) is 11.1 Å². The number of carbonyl (C=O) groups excluding carboxylic acids is 2. The van der Waals surface area contributed by atoms with E-state index < -0.39 is 0 Å². The number of amides is 2. The van der Waals surface area contributed by atoms with Crippen LogP contribution < -0.4 is 5.32 Å². The van der Waals surface area contributed by atoms with Crippen molar-refractivity contribution in [3.05, 3.63) is 54.2 Å². The summed E-state index contributed by atoms with van der Waals surface area (Å²) in [5, 5.41) is 6.20. The molecule has 2 aromatic carbocycles. The summed E-state index contributed by atoms with van der Waals surface area (Å²) < 4.78 is 0. The zero-order valence-corrected chi connectivity index (χ0v) is 16.3. The molecule has 4 rings (SSSR count). The maximum absolute atomic E-state index is 13.4. The molecule has 5 heteroatoms. The molecule has 0 aliphatic carbocycles. The van der Waals surface area contributed by atoms with Crippen LogP contribution in [0.3, 0.4) is 0 Å². The van der Waals surface area contributed by atoms with Crippen molar-refractivity contribution in [3.8, 4) is 0 Å². The predicted octanol–water partition coefficient (Wildman–Crippen LogP) is 3.76. The highest BCUT2D eigenvalue weighted by Crippen LogP contribution is 2.28. The van der Waals surface area contributed by atoms with Crippen molar-refractivity contribution >= 4 is 33.5 Å². The van der Waals surface area contributed by atoms with Crippen LogP contribution in [-0.2, 0) is 4.79 Å². The normalized spacial score (nSPS) is 17.2. The van der Waals surface area contributed by atoms with Gasteiger partial charge in [-0.15, -0.1) is 0 Å². The van der Waals surface area contributed by atoms with E-state index in [4.69, 9.17) is 0 Å². The average Bonchev–Trinajstić information content (AvgIpc) is 2.72. The quantitative estimate of drug-likeness (QED) is 0.709. The Hall–Kier alpha value is -2.95. The van der Waals surface area contributed by atoms with Crippen LogP contribution in [0.5, 0.6) is 0 Å². The molecular weight excluding hydrogens is 350 g/mol. The third-order valence-corrected chi connectivity index (χ3v) is 5.42. The second-order valence-electron chi connectivity index (χ2n) is 7.80. The summed E-state index contributed by atoms with van der Waals surface area (Å²) in [7, 11) is 0. The number of rotatable bonds is 3. The summed E-state index contributed by atoms with van der Waals surface area (Å²) in [5.74, 6) is -0.0326. The number of piperidine rings is 1. The molecule has 2 heterocycles. The van der Waals surface area contributed by atoms with E-state index >= 15 is 0 Å². The summed E-state index contributed by atoms with van der Waals surface area (Å²) in [6.07, 6.45) is 3.52. The molecule has 1 aliphatic rings. The Kier molecular flexibility index (Phi) is 4.99. The minimum Gasteiger partial charge on any atom is -0.351 e. The first-order valence-electron chi connectivity index (χ1n) is 9.90. The molecule has 0 radical (unpaired) electrons. The maximum atomic E-state index is 13.4. The second kappa shape index (κ2) is 7.58. The molecule has 0 saturated carbocycles. The highest BCUT2D eigenvalue weighted by molar-refractivity contribution is 6.15. The van der Waals surface area contributed by atoms with E-state index in [1.807, 2.05) is 55.1 Å². The van der Waals surface area contributed by atoms with Gasteiger partial charge in [-0.3, -0.25) is 14.6 Å². The van der Waals surface area contributed by atoms with Crippen molar-refractivity contribution in [2.45, 2.75) is 32.7 Å². The minimum absolute atomic E-state index is 0.00674. The van der Waals surface area contributed by atoms with Crippen molar-refractivity contribution < 1.29 is 9.59 Å². The molecule has 0 spiro atoms. The summed E-state index contributed by atoms with van der Waals surface area (Å²) in [6.45, 7) is 5.01. The van der Waals surface area contributed by atoms with E-state index in [1.54, 1.807) is 6.20 Å². The minimum atomic E-state index is -0.0558. The Bertz CT molecular complexity index is 1040. The number of hydrogen-bond acceptors (Lipinski definition) is 3. The lowest BCUT2D eigenvalue weighted by atomic mass is 9.98. The lowest BCUT2D eigenvalue weighted by molar-refractivity contribution is -0.125. The molecule has 1 N–H and O–H groups in total. The van der Waals surface area contributed by atoms with E-state index in [2.05, 4.69) is 16.4 Å². The number of nitrogens with one attached hydrogen (secondary N) is 1. The Balaban J connectivity index is 1.67. The van der Waals surface area contributed by atoms with Gasteiger partial charge in [0.15, 0.2) is 0 Å². The van der Waals surface area contributed by atoms with Crippen molar-refractivity contribution in [1.29, 1.82) is 0 Å². The van der Waals surface area contributed by atoms with Crippen molar-refractivity contribution in [3.63, 3.8) is 0 Å².